The lowest BCUT2D eigenvalue weighted by Crippen LogP contribution is -2.38. The van der Waals surface area contributed by atoms with Gasteiger partial charge in [0.1, 0.15) is 5.82 Å². The Morgan fingerprint density at radius 3 is 2.33 bits per heavy atom. The molecule has 3 aliphatic rings. The molecule has 5 rings (SSSR count). The van der Waals surface area contributed by atoms with Gasteiger partial charge in [0.05, 0.1) is 5.69 Å². The van der Waals surface area contributed by atoms with E-state index in [2.05, 4.69) is 15.5 Å². The van der Waals surface area contributed by atoms with Gasteiger partial charge in [-0.2, -0.15) is 0 Å². The number of fused-ring (bicyclic) bond motifs is 1. The number of anilines is 1. The lowest BCUT2D eigenvalue weighted by molar-refractivity contribution is -0.137. The van der Waals surface area contributed by atoms with E-state index >= 15 is 0 Å². The number of likely N-dealkylation sites (tertiary alicyclic amines) is 1. The number of carbonyl (C=O) groups excluding carboxylic acids is 1. The lowest BCUT2D eigenvalue weighted by Gasteiger charge is -2.28. The van der Waals surface area contributed by atoms with Gasteiger partial charge in [-0.15, -0.1) is 10.2 Å². The van der Waals surface area contributed by atoms with E-state index in [0.717, 1.165) is 50.4 Å². The fourth-order valence-electron chi connectivity index (χ4n) is 5.94. The highest BCUT2D eigenvalue weighted by Gasteiger charge is 2.44. The molecule has 2 saturated heterocycles. The molecular weight excluding hydrogens is 469 g/mol. The molecule has 1 N–H and O–H groups in total. The van der Waals surface area contributed by atoms with Crippen LogP contribution in [0.5, 0.6) is 0 Å². The molecule has 0 unspecified atom stereocenters. The van der Waals surface area contributed by atoms with Crippen LogP contribution in [-0.2, 0) is 14.9 Å². The van der Waals surface area contributed by atoms with Crippen molar-refractivity contribution in [1.82, 2.24) is 15.1 Å². The van der Waals surface area contributed by atoms with Crippen LogP contribution in [0.4, 0.5) is 19.0 Å². The predicted octanol–water partition coefficient (Wildman–Crippen LogP) is 4.93. The monoisotopic (exact) mass is 502 g/mol. The molecule has 2 aliphatic heterocycles. The minimum atomic E-state index is -1.26. The summed E-state index contributed by atoms with van der Waals surface area (Å²) >= 11 is 0. The highest BCUT2D eigenvalue weighted by molar-refractivity contribution is 5.79. The molecule has 1 aliphatic carbocycles. The molecule has 6 nitrogen and oxygen atoms in total. The summed E-state index contributed by atoms with van der Waals surface area (Å²) in [4.78, 5) is 15.0. The minimum Gasteiger partial charge on any atom is -0.381 e. The van der Waals surface area contributed by atoms with Gasteiger partial charge >= 0.3 is 0 Å². The zero-order valence-electron chi connectivity index (χ0n) is 21.0. The third-order valence-electron chi connectivity index (χ3n) is 7.84. The smallest absolute Gasteiger partial charge is 0.225 e. The number of amides is 1. The molecular formula is C27H33F3N4O2. The van der Waals surface area contributed by atoms with Gasteiger partial charge in [0.15, 0.2) is 17.5 Å². The van der Waals surface area contributed by atoms with Crippen molar-refractivity contribution in [3.05, 3.63) is 41.2 Å². The molecule has 3 atom stereocenters. The van der Waals surface area contributed by atoms with E-state index in [4.69, 9.17) is 4.74 Å². The Labute approximate surface area is 209 Å². The topological polar surface area (TPSA) is 67.4 Å². The maximum atomic E-state index is 14.4. The number of carbonyl (C=O) groups is 1. The number of ether oxygens (including phenoxy) is 1. The molecule has 1 saturated carbocycles. The molecule has 0 radical (unpaired) electrons. The summed E-state index contributed by atoms with van der Waals surface area (Å²) in [5.74, 6) is -1.42. The number of hydrogen-bond acceptors (Lipinski definition) is 5. The van der Waals surface area contributed by atoms with Crippen molar-refractivity contribution in [3.8, 4) is 11.3 Å². The molecule has 3 heterocycles. The summed E-state index contributed by atoms with van der Waals surface area (Å²) in [7, 11) is 0. The third kappa shape index (κ3) is 4.94. The number of halogens is 3. The van der Waals surface area contributed by atoms with Crippen LogP contribution < -0.4 is 5.32 Å². The molecule has 1 aromatic carbocycles. The van der Waals surface area contributed by atoms with Crippen molar-refractivity contribution in [2.45, 2.75) is 57.9 Å². The summed E-state index contributed by atoms with van der Waals surface area (Å²) in [5, 5.41) is 12.0. The second-order valence-electron chi connectivity index (χ2n) is 11.5. The van der Waals surface area contributed by atoms with Crippen molar-refractivity contribution >= 4 is 11.7 Å². The Morgan fingerprint density at radius 2 is 1.69 bits per heavy atom. The zero-order valence-corrected chi connectivity index (χ0v) is 21.0. The number of aromatic nitrogens is 2. The first-order valence-electron chi connectivity index (χ1n) is 12.8. The Bertz CT molecular complexity index is 1130. The van der Waals surface area contributed by atoms with Crippen molar-refractivity contribution in [2.75, 3.05) is 31.6 Å². The van der Waals surface area contributed by atoms with Gasteiger partial charge in [0, 0.05) is 55.5 Å². The first-order valence-corrected chi connectivity index (χ1v) is 12.8. The molecule has 1 amide bonds. The highest BCUT2D eigenvalue weighted by Crippen LogP contribution is 2.41. The molecule has 2 aromatic rings. The van der Waals surface area contributed by atoms with E-state index in [0.29, 0.717) is 36.9 Å². The largest absolute Gasteiger partial charge is 0.381 e. The number of nitrogens with zero attached hydrogens (tertiary/aromatic N) is 3. The maximum Gasteiger partial charge on any atom is 0.225 e. The average molecular weight is 503 g/mol. The predicted molar refractivity (Wildman–Crippen MR) is 130 cm³/mol. The normalized spacial score (nSPS) is 24.7. The maximum absolute atomic E-state index is 14.4. The Hall–Kier alpha value is -2.68. The Morgan fingerprint density at radius 1 is 1.03 bits per heavy atom. The molecule has 36 heavy (non-hydrogen) atoms. The van der Waals surface area contributed by atoms with Gasteiger partial charge in [-0.1, -0.05) is 20.8 Å². The van der Waals surface area contributed by atoms with Gasteiger partial charge in [-0.25, -0.2) is 13.2 Å². The molecule has 194 valence electrons. The summed E-state index contributed by atoms with van der Waals surface area (Å²) in [6.07, 6.45) is 3.48. The van der Waals surface area contributed by atoms with Crippen molar-refractivity contribution in [3.63, 3.8) is 0 Å². The second kappa shape index (κ2) is 9.65. The van der Waals surface area contributed by atoms with Gasteiger partial charge in [-0.05, 0) is 55.1 Å². The Kier molecular flexibility index (Phi) is 6.70. The van der Waals surface area contributed by atoms with Crippen molar-refractivity contribution in [1.29, 1.82) is 0 Å². The van der Waals surface area contributed by atoms with Crippen LogP contribution >= 0.6 is 0 Å². The van der Waals surface area contributed by atoms with Crippen LogP contribution in [0, 0.1) is 35.2 Å². The lowest BCUT2D eigenvalue weighted by atomic mass is 9.86. The van der Waals surface area contributed by atoms with Crippen LogP contribution in [-0.4, -0.2) is 53.3 Å². The Balaban J connectivity index is 1.29. The van der Waals surface area contributed by atoms with Crippen LogP contribution in [0.1, 0.15) is 52.0 Å². The summed E-state index contributed by atoms with van der Waals surface area (Å²) in [6, 6.07) is 3.30. The highest BCUT2D eigenvalue weighted by atomic mass is 19.2. The van der Waals surface area contributed by atoms with Crippen LogP contribution in [0.2, 0.25) is 0 Å². The van der Waals surface area contributed by atoms with Gasteiger partial charge < -0.3 is 15.0 Å². The van der Waals surface area contributed by atoms with Gasteiger partial charge in [0.2, 0.25) is 5.91 Å². The molecule has 9 heteroatoms. The molecule has 0 bridgehead atoms. The third-order valence-corrected chi connectivity index (χ3v) is 7.84. The quantitative estimate of drug-likeness (QED) is 0.601. The van der Waals surface area contributed by atoms with E-state index in [1.54, 1.807) is 6.07 Å². The van der Waals surface area contributed by atoms with Crippen LogP contribution in [0.15, 0.2) is 18.2 Å². The summed E-state index contributed by atoms with van der Waals surface area (Å²) in [6.45, 7) is 8.93. The van der Waals surface area contributed by atoms with Crippen molar-refractivity contribution < 1.29 is 22.7 Å². The number of rotatable bonds is 4. The fourth-order valence-corrected chi connectivity index (χ4v) is 5.94. The molecule has 0 spiro atoms. The zero-order chi connectivity index (χ0) is 25.6. The number of nitrogens with one attached hydrogen (secondary N) is 1. The molecule has 3 fully saturated rings. The summed E-state index contributed by atoms with van der Waals surface area (Å²) < 4.78 is 47.4. The van der Waals surface area contributed by atoms with E-state index in [1.807, 2.05) is 25.7 Å². The first-order chi connectivity index (χ1) is 17.1. The van der Waals surface area contributed by atoms with Gasteiger partial charge in [-0.3, -0.25) is 4.79 Å². The van der Waals surface area contributed by atoms with Crippen LogP contribution in [0.25, 0.3) is 11.3 Å². The van der Waals surface area contributed by atoms with Gasteiger partial charge in [0.25, 0.3) is 0 Å². The first kappa shape index (κ1) is 25.0. The standard InChI is InChI=1S/C27H33F3N4O2/c1-27(2,3)21-12-23(20-10-18(28)11-22(29)24(20)30)32-33-25(21)31-19-8-16-13-34(14-17(16)9-19)26(35)15-4-6-36-7-5-15/h10-12,15-17,19H,4-9,13-14H2,1-3H3,(H,31,33)/t16-,17+,19+. The number of benzene rings is 1. The number of hydrogen-bond donors (Lipinski definition) is 1. The van der Waals surface area contributed by atoms with E-state index in [-0.39, 0.29) is 34.5 Å². The molecule has 1 aromatic heterocycles. The fraction of sp³-hybridized carbons (Fsp3) is 0.593. The SMILES string of the molecule is CC(C)(C)c1cc(-c2cc(F)cc(F)c2F)nnc1N[C@H]1C[C@@H]2CN(C(=O)C3CCOCC3)C[C@@H]2C1. The van der Waals surface area contributed by atoms with E-state index in [1.165, 1.54) is 0 Å². The minimum absolute atomic E-state index is 0.0889. The van der Waals surface area contributed by atoms with E-state index < -0.39 is 17.5 Å². The second-order valence-corrected chi connectivity index (χ2v) is 11.5. The van der Waals surface area contributed by atoms with E-state index in [9.17, 15) is 18.0 Å². The summed E-state index contributed by atoms with van der Waals surface area (Å²) in [5.41, 5.74) is 0.273. The average Bonchev–Trinajstić information content (AvgIpc) is 3.40. The van der Waals surface area contributed by atoms with Crippen molar-refractivity contribution in [2.24, 2.45) is 17.8 Å². The van der Waals surface area contributed by atoms with Crippen LogP contribution in [0.3, 0.4) is 0 Å².